The Morgan fingerprint density at radius 1 is 1.00 bits per heavy atom. The van der Waals surface area contributed by atoms with Gasteiger partial charge in [-0.15, -0.1) is 0 Å². The summed E-state index contributed by atoms with van der Waals surface area (Å²) in [5, 5.41) is 4.39. The van der Waals surface area contributed by atoms with E-state index in [-0.39, 0.29) is 11.6 Å². The summed E-state index contributed by atoms with van der Waals surface area (Å²) in [4.78, 5) is 4.40. The van der Waals surface area contributed by atoms with Gasteiger partial charge in [-0.25, -0.2) is 8.78 Å². The fraction of sp³-hybridized carbons (Fsp3) is 0.316. The van der Waals surface area contributed by atoms with Crippen LogP contribution in [0.1, 0.15) is 11.1 Å². The monoisotopic (exact) mass is 395 g/mol. The molecule has 0 unspecified atom stereocenters. The predicted molar refractivity (Wildman–Crippen MR) is 104 cm³/mol. The summed E-state index contributed by atoms with van der Waals surface area (Å²) in [5.74, 6) is -0.560. The van der Waals surface area contributed by atoms with Crippen LogP contribution < -0.4 is 5.32 Å². The third kappa shape index (κ3) is 5.13. The highest BCUT2D eigenvalue weighted by molar-refractivity contribution is 7.80. The number of nitrogens with zero attached hydrogens (tertiary/aromatic N) is 2. The first-order chi connectivity index (χ1) is 12.5. The zero-order valence-corrected chi connectivity index (χ0v) is 15.8. The molecule has 1 aliphatic heterocycles. The van der Waals surface area contributed by atoms with Crippen LogP contribution in [0.4, 0.5) is 8.78 Å². The van der Waals surface area contributed by atoms with E-state index in [1.54, 1.807) is 18.2 Å². The molecule has 0 aliphatic carbocycles. The number of hydrogen-bond donors (Lipinski definition) is 1. The number of hydrogen-bond acceptors (Lipinski definition) is 2. The number of benzene rings is 2. The van der Waals surface area contributed by atoms with Crippen LogP contribution >= 0.6 is 23.8 Å². The van der Waals surface area contributed by atoms with Gasteiger partial charge in [0.2, 0.25) is 0 Å². The Balaban J connectivity index is 1.45. The summed E-state index contributed by atoms with van der Waals surface area (Å²) in [6, 6.07) is 10.9. The van der Waals surface area contributed by atoms with E-state index in [4.69, 9.17) is 23.8 Å². The maximum Gasteiger partial charge on any atom is 0.169 e. The van der Waals surface area contributed by atoms with Crippen molar-refractivity contribution >= 4 is 28.9 Å². The lowest BCUT2D eigenvalue weighted by Crippen LogP contribution is -2.51. The van der Waals surface area contributed by atoms with Crippen molar-refractivity contribution in [2.45, 2.75) is 13.1 Å². The van der Waals surface area contributed by atoms with Crippen molar-refractivity contribution in [3.63, 3.8) is 0 Å². The lowest BCUT2D eigenvalue weighted by atomic mass is 10.2. The second-order valence-corrected chi connectivity index (χ2v) is 7.08. The maximum atomic E-state index is 13.1. The van der Waals surface area contributed by atoms with Gasteiger partial charge in [0.05, 0.1) is 0 Å². The van der Waals surface area contributed by atoms with Crippen LogP contribution in [0, 0.1) is 11.6 Å². The number of piperazine rings is 1. The summed E-state index contributed by atoms with van der Waals surface area (Å²) >= 11 is 11.6. The summed E-state index contributed by atoms with van der Waals surface area (Å²) in [7, 11) is 0. The summed E-state index contributed by atoms with van der Waals surface area (Å²) in [6.45, 7) is 4.60. The Morgan fingerprint density at radius 2 is 1.65 bits per heavy atom. The molecule has 26 heavy (non-hydrogen) atoms. The zero-order valence-electron chi connectivity index (χ0n) is 14.2. The molecule has 138 valence electrons. The largest absolute Gasteiger partial charge is 0.358 e. The van der Waals surface area contributed by atoms with Gasteiger partial charge in [0, 0.05) is 44.3 Å². The van der Waals surface area contributed by atoms with E-state index in [9.17, 15) is 8.78 Å². The Bertz CT molecular complexity index is 762. The van der Waals surface area contributed by atoms with Crippen molar-refractivity contribution in [2.75, 3.05) is 26.2 Å². The van der Waals surface area contributed by atoms with Gasteiger partial charge in [0.25, 0.3) is 0 Å². The van der Waals surface area contributed by atoms with Crippen LogP contribution in [0.25, 0.3) is 0 Å². The van der Waals surface area contributed by atoms with Gasteiger partial charge < -0.3 is 10.2 Å². The fourth-order valence-electron chi connectivity index (χ4n) is 2.89. The minimum Gasteiger partial charge on any atom is -0.358 e. The highest BCUT2D eigenvalue weighted by Gasteiger charge is 2.19. The topological polar surface area (TPSA) is 18.5 Å². The molecule has 0 saturated carbocycles. The molecule has 0 aromatic heterocycles. The van der Waals surface area contributed by atoms with Gasteiger partial charge in [-0.2, -0.15) is 0 Å². The van der Waals surface area contributed by atoms with Crippen LogP contribution in [-0.4, -0.2) is 41.1 Å². The molecule has 3 nitrogen and oxygen atoms in total. The average Bonchev–Trinajstić information content (AvgIpc) is 2.64. The SMILES string of the molecule is Fc1ccc(CNC(=S)N2CCN(Cc3ccc(F)cc3Cl)CC2)cc1. The Morgan fingerprint density at radius 3 is 2.31 bits per heavy atom. The van der Waals surface area contributed by atoms with E-state index in [0.717, 1.165) is 37.3 Å². The minimum atomic E-state index is -0.318. The standard InChI is InChI=1S/C19H20ClF2N3S/c20-18-11-17(22)6-3-15(18)13-24-7-9-25(10-8-24)19(26)23-12-14-1-4-16(21)5-2-14/h1-6,11H,7-10,12-13H2,(H,23,26). The molecular weight excluding hydrogens is 376 g/mol. The van der Waals surface area contributed by atoms with Crippen molar-refractivity contribution in [3.8, 4) is 0 Å². The second kappa shape index (κ2) is 8.75. The van der Waals surface area contributed by atoms with Crippen LogP contribution in [0.5, 0.6) is 0 Å². The van der Waals surface area contributed by atoms with E-state index in [0.29, 0.717) is 23.2 Å². The lowest BCUT2D eigenvalue weighted by molar-refractivity contribution is 0.174. The summed E-state index contributed by atoms with van der Waals surface area (Å²) in [6.07, 6.45) is 0. The third-order valence-corrected chi connectivity index (χ3v) is 5.18. The fourth-order valence-corrected chi connectivity index (χ4v) is 3.37. The van der Waals surface area contributed by atoms with Crippen LogP contribution in [0.2, 0.25) is 5.02 Å². The summed E-state index contributed by atoms with van der Waals surface area (Å²) in [5.41, 5.74) is 1.91. The highest BCUT2D eigenvalue weighted by Crippen LogP contribution is 2.19. The van der Waals surface area contributed by atoms with Crippen molar-refractivity contribution < 1.29 is 8.78 Å². The zero-order chi connectivity index (χ0) is 18.5. The molecule has 0 amide bonds. The van der Waals surface area contributed by atoms with Gasteiger partial charge in [-0.3, -0.25) is 4.90 Å². The second-order valence-electron chi connectivity index (χ2n) is 6.28. The molecular formula is C19H20ClF2N3S. The normalized spacial score (nSPS) is 15.1. The van der Waals surface area contributed by atoms with Crippen molar-refractivity contribution in [1.29, 1.82) is 0 Å². The molecule has 2 aromatic carbocycles. The van der Waals surface area contributed by atoms with Crippen LogP contribution in [0.3, 0.4) is 0 Å². The van der Waals surface area contributed by atoms with Crippen molar-refractivity contribution in [1.82, 2.24) is 15.1 Å². The molecule has 1 heterocycles. The van der Waals surface area contributed by atoms with E-state index < -0.39 is 0 Å². The smallest absolute Gasteiger partial charge is 0.169 e. The van der Waals surface area contributed by atoms with Gasteiger partial charge in [0.1, 0.15) is 11.6 Å². The minimum absolute atomic E-state index is 0.242. The van der Waals surface area contributed by atoms with Crippen LogP contribution in [-0.2, 0) is 13.1 Å². The molecule has 0 atom stereocenters. The van der Waals surface area contributed by atoms with Gasteiger partial charge in [0.15, 0.2) is 5.11 Å². The van der Waals surface area contributed by atoms with Crippen molar-refractivity contribution in [2.24, 2.45) is 0 Å². The molecule has 1 fully saturated rings. The highest BCUT2D eigenvalue weighted by atomic mass is 35.5. The van der Waals surface area contributed by atoms with E-state index in [2.05, 4.69) is 15.1 Å². The molecule has 1 saturated heterocycles. The number of nitrogens with one attached hydrogen (secondary N) is 1. The predicted octanol–water partition coefficient (Wildman–Crippen LogP) is 3.81. The molecule has 0 radical (unpaired) electrons. The lowest BCUT2D eigenvalue weighted by Gasteiger charge is -2.36. The van der Waals surface area contributed by atoms with Gasteiger partial charge in [-0.1, -0.05) is 29.8 Å². The summed E-state index contributed by atoms with van der Waals surface area (Å²) < 4.78 is 26.1. The number of halogens is 3. The Kier molecular flexibility index (Phi) is 6.40. The Hall–Kier alpha value is -1.76. The average molecular weight is 396 g/mol. The molecule has 1 aliphatic rings. The molecule has 3 rings (SSSR count). The molecule has 0 spiro atoms. The van der Waals surface area contributed by atoms with Gasteiger partial charge >= 0.3 is 0 Å². The quantitative estimate of drug-likeness (QED) is 0.793. The van der Waals surface area contributed by atoms with Crippen molar-refractivity contribution in [3.05, 3.63) is 70.2 Å². The molecule has 7 heteroatoms. The number of thiocarbonyl (C=S) groups is 1. The molecule has 1 N–H and O–H groups in total. The van der Waals surface area contributed by atoms with Crippen LogP contribution in [0.15, 0.2) is 42.5 Å². The van der Waals surface area contributed by atoms with Gasteiger partial charge in [-0.05, 0) is 47.6 Å². The van der Waals surface area contributed by atoms with E-state index >= 15 is 0 Å². The Labute approximate surface area is 162 Å². The first kappa shape index (κ1) is 19.0. The number of rotatable bonds is 4. The first-order valence-electron chi connectivity index (χ1n) is 8.45. The third-order valence-electron chi connectivity index (χ3n) is 4.43. The molecule has 2 aromatic rings. The molecule has 0 bridgehead atoms. The first-order valence-corrected chi connectivity index (χ1v) is 9.23. The van der Waals surface area contributed by atoms with E-state index in [1.807, 2.05) is 0 Å². The maximum absolute atomic E-state index is 13.1. The van der Waals surface area contributed by atoms with E-state index in [1.165, 1.54) is 24.3 Å².